The molecule has 6 aromatic rings. The van der Waals surface area contributed by atoms with Crippen LogP contribution < -0.4 is 16.4 Å². The average molecular weight is 1240 g/mol. The largest absolute Gasteiger partial charge is 0.480 e. The van der Waals surface area contributed by atoms with Crippen LogP contribution in [0.15, 0.2) is 113 Å². The number of aliphatic carboxylic acids is 1. The fraction of sp³-hybridized carbons (Fsp3) is 0.522. The van der Waals surface area contributed by atoms with E-state index in [9.17, 15) is 46.6 Å². The molecule has 6 aliphatic rings. The van der Waals surface area contributed by atoms with Crippen LogP contribution in [-0.4, -0.2) is 137 Å². The Hall–Kier alpha value is -7.52. The van der Waals surface area contributed by atoms with Gasteiger partial charge in [0.25, 0.3) is 11.1 Å². The van der Waals surface area contributed by atoms with E-state index in [1.807, 2.05) is 72.9 Å². The predicted octanol–water partition coefficient (Wildman–Crippen LogP) is 11.8. The van der Waals surface area contributed by atoms with Crippen molar-refractivity contribution in [2.45, 2.75) is 153 Å². The number of aromatic nitrogens is 4. The van der Waals surface area contributed by atoms with Gasteiger partial charge in [0.05, 0.1) is 47.9 Å². The lowest BCUT2D eigenvalue weighted by Crippen LogP contribution is -2.59. The number of carbonyl (C=O) groups excluding carboxylic acids is 2. The van der Waals surface area contributed by atoms with Gasteiger partial charge in [-0.05, 0) is 169 Å². The number of rotatable bonds is 11. The Morgan fingerprint density at radius 1 is 0.644 bits per heavy atom. The number of fused-ring (bicyclic) bond motifs is 1. The Labute approximate surface area is 522 Å². The Kier molecular flexibility index (Phi) is 19.0. The van der Waals surface area contributed by atoms with E-state index in [-0.39, 0.29) is 88.4 Å². The van der Waals surface area contributed by atoms with Crippen LogP contribution >= 0.6 is 0 Å². The van der Waals surface area contributed by atoms with Gasteiger partial charge >= 0.3 is 18.0 Å². The highest BCUT2D eigenvalue weighted by Crippen LogP contribution is 2.51. The standard InChI is InChI=1S/C38H47F2N5O4.C31H36F3N5O2/c1-37(2,3)45(23-35(47)48)29-14-18-44(33(20-29)30-19-28(39)11-12-31(30)40)36(49)42-17-13-27(38(24-42)15-7-8-16-38)22-43-25-41-32(21-34(43)46)26-9-5-4-6-10-26;1-35-25-7-11-39(28(16-25)20-12-23(33)14-24(34)13-20)30(41)37-10-6-21(31(18-37)8-2-3-9-31)17-38-19-36-27-5-4-22(32)15-26(27)29(38)40/h4-6,9-12,19,21,25,27,29,33H,7-8,13-18,20,22-24H2,1-3H3,(H,47,48);4-5,12-15,19,21,25,28,35H,2-3,6-11,16-18H2,1H3/t27-,29+,33-;21-,25+,28-/m00/s1. The second-order valence-corrected chi connectivity index (χ2v) is 27.2. The lowest BCUT2D eigenvalue weighted by molar-refractivity contribution is -0.141. The molecule has 2 aliphatic carbocycles. The van der Waals surface area contributed by atoms with Crippen molar-refractivity contribution in [1.82, 2.24) is 48.9 Å². The summed E-state index contributed by atoms with van der Waals surface area (Å²) < 4.78 is 75.5. The summed E-state index contributed by atoms with van der Waals surface area (Å²) in [5, 5.41) is 13.2. The van der Waals surface area contributed by atoms with Gasteiger partial charge in [0.15, 0.2) is 0 Å². The molecule has 2 spiro atoms. The van der Waals surface area contributed by atoms with Crippen molar-refractivity contribution in [3.8, 4) is 11.3 Å². The maximum Gasteiger partial charge on any atom is 0.320 e. The first kappa shape index (κ1) is 64.0. The van der Waals surface area contributed by atoms with Crippen LogP contribution in [0.1, 0.15) is 134 Å². The highest BCUT2D eigenvalue weighted by Gasteiger charge is 2.50. The highest BCUT2D eigenvalue weighted by atomic mass is 19.1. The van der Waals surface area contributed by atoms with Crippen LogP contribution in [0.25, 0.3) is 22.2 Å². The van der Waals surface area contributed by atoms with Gasteiger partial charge in [-0.3, -0.25) is 28.4 Å². The maximum absolute atomic E-state index is 15.4. The zero-order valence-corrected chi connectivity index (χ0v) is 51.9. The summed E-state index contributed by atoms with van der Waals surface area (Å²) in [6.07, 6.45) is 14.8. The number of likely N-dealkylation sites (tertiary alicyclic amines) is 4. The van der Waals surface area contributed by atoms with Gasteiger partial charge in [-0.1, -0.05) is 56.0 Å². The normalized spacial score (nSPS) is 23.4. The molecule has 6 atom stereocenters. The quantitative estimate of drug-likeness (QED) is 0.119. The molecule has 4 amide bonds. The SMILES string of the molecule is CC(C)(C)N(CC(=O)O)[C@@H]1CCN(C(=O)N2CC[C@@H](Cn3cnc(-c4ccccc4)cc3=O)C3(CCCC3)C2)[C@H](c2cc(F)ccc2F)C1.CN[C@@H]1CCN(C(=O)N2CC[C@@H](Cn3cnc4ccc(F)cc4c3=O)C3(CCCC3)C2)[C@H](c2cc(F)cc(F)c2)C1. The number of nitrogens with zero attached hydrogens (tertiary/aromatic N) is 9. The van der Waals surface area contributed by atoms with Gasteiger partial charge < -0.3 is 30.0 Å². The van der Waals surface area contributed by atoms with Gasteiger partial charge in [-0.2, -0.15) is 0 Å². The summed E-state index contributed by atoms with van der Waals surface area (Å²) in [4.78, 5) is 85.0. The first-order chi connectivity index (χ1) is 43.1. The summed E-state index contributed by atoms with van der Waals surface area (Å²) in [5.41, 5.74) is 1.45. The third-order valence-electron chi connectivity index (χ3n) is 20.8. The van der Waals surface area contributed by atoms with Gasteiger partial charge in [0.2, 0.25) is 0 Å². The molecule has 0 unspecified atom stereocenters. The molecule has 2 aromatic heterocycles. The molecular formula is C69H83F5N10O6. The van der Waals surface area contributed by atoms with E-state index < -0.39 is 52.7 Å². The fourth-order valence-corrected chi connectivity index (χ4v) is 16.2. The third kappa shape index (κ3) is 13.7. The van der Waals surface area contributed by atoms with Crippen molar-refractivity contribution in [1.29, 1.82) is 0 Å². The molecule has 6 heterocycles. The molecule has 6 fully saturated rings. The van der Waals surface area contributed by atoms with Crippen molar-refractivity contribution >= 4 is 28.9 Å². The third-order valence-corrected chi connectivity index (χ3v) is 20.8. The van der Waals surface area contributed by atoms with E-state index in [1.165, 1.54) is 36.4 Å². The van der Waals surface area contributed by atoms with Gasteiger partial charge in [-0.25, -0.2) is 41.5 Å². The van der Waals surface area contributed by atoms with E-state index in [1.54, 1.807) is 37.7 Å². The fourth-order valence-electron chi connectivity index (χ4n) is 16.2. The van der Waals surface area contributed by atoms with E-state index in [4.69, 9.17) is 0 Å². The number of urea groups is 2. The number of halogens is 5. The van der Waals surface area contributed by atoms with Crippen molar-refractivity contribution in [2.24, 2.45) is 22.7 Å². The number of amides is 4. The van der Waals surface area contributed by atoms with Gasteiger partial charge in [-0.15, -0.1) is 0 Å². The number of nitrogens with one attached hydrogen (secondary N) is 1. The molecule has 16 nitrogen and oxygen atoms in total. The number of piperidine rings is 4. The molecule has 2 N–H and O–H groups in total. The molecule has 21 heteroatoms. The molecule has 2 saturated carbocycles. The lowest BCUT2D eigenvalue weighted by Gasteiger charge is -2.51. The summed E-state index contributed by atoms with van der Waals surface area (Å²) in [7, 11) is 1.87. The Morgan fingerprint density at radius 3 is 1.82 bits per heavy atom. The molecule has 0 radical (unpaired) electrons. The second-order valence-electron chi connectivity index (χ2n) is 27.2. The summed E-state index contributed by atoms with van der Waals surface area (Å²) in [6.45, 7) is 9.55. The molecule has 4 aliphatic heterocycles. The predicted molar refractivity (Wildman–Crippen MR) is 333 cm³/mol. The number of carboxylic acids is 1. The second kappa shape index (κ2) is 26.7. The highest BCUT2D eigenvalue weighted by molar-refractivity contribution is 5.78. The van der Waals surface area contributed by atoms with Crippen LogP contribution in [0.5, 0.6) is 0 Å². The monoisotopic (exact) mass is 1240 g/mol. The van der Waals surface area contributed by atoms with E-state index in [2.05, 4.69) is 15.3 Å². The summed E-state index contributed by atoms with van der Waals surface area (Å²) in [6, 6.07) is 20.5. The number of hydrogen-bond acceptors (Lipinski definition) is 9. The van der Waals surface area contributed by atoms with Gasteiger partial charge in [0.1, 0.15) is 29.1 Å². The molecule has 480 valence electrons. The van der Waals surface area contributed by atoms with Crippen LogP contribution in [0, 0.1) is 51.8 Å². The smallest absolute Gasteiger partial charge is 0.320 e. The Morgan fingerprint density at radius 2 is 1.22 bits per heavy atom. The van der Waals surface area contributed by atoms with Crippen LogP contribution in [0.4, 0.5) is 31.5 Å². The van der Waals surface area contributed by atoms with Crippen molar-refractivity contribution in [2.75, 3.05) is 52.9 Å². The number of carbonyl (C=O) groups is 3. The Bertz CT molecular complexity index is 3680. The minimum Gasteiger partial charge on any atom is -0.480 e. The molecular weight excluding hydrogens is 1160 g/mol. The van der Waals surface area contributed by atoms with Crippen LogP contribution in [0.3, 0.4) is 0 Å². The summed E-state index contributed by atoms with van der Waals surface area (Å²) >= 11 is 0. The lowest BCUT2D eigenvalue weighted by atomic mass is 9.69. The zero-order valence-electron chi connectivity index (χ0n) is 51.9. The van der Waals surface area contributed by atoms with Crippen LogP contribution in [0.2, 0.25) is 0 Å². The zero-order chi connectivity index (χ0) is 63.6. The minimum atomic E-state index is -0.961. The van der Waals surface area contributed by atoms with E-state index in [0.717, 1.165) is 88.0 Å². The van der Waals surface area contributed by atoms with Gasteiger partial charge in [0, 0.05) is 93.2 Å². The van der Waals surface area contributed by atoms with E-state index in [0.29, 0.717) is 81.8 Å². The first-order valence-electron chi connectivity index (χ1n) is 32.1. The van der Waals surface area contributed by atoms with Crippen LogP contribution in [-0.2, 0) is 17.9 Å². The number of carboxylic acid groups (broad SMARTS) is 1. The molecule has 0 bridgehead atoms. The van der Waals surface area contributed by atoms with Crippen molar-refractivity contribution in [3.05, 3.63) is 165 Å². The van der Waals surface area contributed by atoms with Crippen molar-refractivity contribution in [3.63, 3.8) is 0 Å². The molecule has 4 aromatic carbocycles. The summed E-state index contributed by atoms with van der Waals surface area (Å²) in [5.74, 6) is -3.55. The maximum atomic E-state index is 15.4. The topological polar surface area (TPSA) is 169 Å². The number of benzene rings is 4. The van der Waals surface area contributed by atoms with E-state index >= 15 is 4.39 Å². The molecule has 12 rings (SSSR count). The minimum absolute atomic E-state index is 0.0982. The first-order valence-corrected chi connectivity index (χ1v) is 32.1. The molecule has 90 heavy (non-hydrogen) atoms. The molecule has 4 saturated heterocycles. The average Bonchev–Trinajstić information content (AvgIpc) is 1.35. The Balaban J connectivity index is 0.000000188. The number of hydrogen-bond donors (Lipinski definition) is 2. The van der Waals surface area contributed by atoms with Crippen molar-refractivity contribution < 1.29 is 41.4 Å².